The summed E-state index contributed by atoms with van der Waals surface area (Å²) in [7, 11) is 0. The van der Waals surface area contributed by atoms with Crippen LogP contribution in [0.5, 0.6) is 0 Å². The van der Waals surface area contributed by atoms with Gasteiger partial charge in [0.1, 0.15) is 0 Å². The lowest BCUT2D eigenvalue weighted by molar-refractivity contribution is -0.215. The lowest BCUT2D eigenvalue weighted by atomic mass is 9.31. The molecule has 0 aliphatic heterocycles. The van der Waals surface area contributed by atoms with Crippen LogP contribution in [0.3, 0.4) is 0 Å². The fraction of sp³-hybridized carbons (Fsp3) is 0.935. The van der Waals surface area contributed by atoms with E-state index in [4.69, 9.17) is 0 Å². The van der Waals surface area contributed by atoms with Gasteiger partial charge < -0.3 is 10.2 Å². The molecule has 0 unspecified atom stereocenters. The molecule has 33 heavy (non-hydrogen) atoms. The Morgan fingerprint density at radius 3 is 2.21 bits per heavy atom. The Morgan fingerprint density at radius 1 is 0.848 bits per heavy atom. The predicted octanol–water partition coefficient (Wildman–Crippen LogP) is 7.39. The molecule has 0 radical (unpaired) electrons. The summed E-state index contributed by atoms with van der Waals surface area (Å²) in [5, 5.41) is 21.8. The van der Waals surface area contributed by atoms with Gasteiger partial charge in [0.15, 0.2) is 0 Å². The highest BCUT2D eigenvalue weighted by molar-refractivity contribution is 5.38. The highest BCUT2D eigenvalue weighted by Gasteiger charge is 2.71. The van der Waals surface area contributed by atoms with Gasteiger partial charge in [0.05, 0.1) is 6.10 Å². The zero-order chi connectivity index (χ0) is 24.2. The number of rotatable bonds is 1. The molecule has 0 spiro atoms. The summed E-state index contributed by atoms with van der Waals surface area (Å²) >= 11 is 0. The monoisotopic (exact) mass is 456 g/mol. The first-order valence-corrected chi connectivity index (χ1v) is 14.2. The molecule has 2 heteroatoms. The molecule has 0 aromatic heterocycles. The standard InChI is InChI=1S/C31H52O2/c1-20-11-16-31(19-32)18-17-29(7)24(30(31,8)21(20)2)10-9-23-27(5)14-13-25(33)26(3,4)22(27)12-15-28(23,29)6/h10,20-23,25,32-33H,9,11-19H2,1-8H3/t20-,21+,22+,23-,25+,27+,28-,29-,30+,31-/m1/s1. The molecule has 5 aliphatic rings. The molecule has 0 amide bonds. The molecule has 0 aromatic rings. The summed E-state index contributed by atoms with van der Waals surface area (Å²) in [6, 6.07) is 0. The van der Waals surface area contributed by atoms with Crippen LogP contribution in [0.2, 0.25) is 0 Å². The van der Waals surface area contributed by atoms with Crippen molar-refractivity contribution in [2.75, 3.05) is 6.61 Å². The van der Waals surface area contributed by atoms with Crippen LogP contribution in [0.15, 0.2) is 11.6 Å². The molecule has 0 bridgehead atoms. The van der Waals surface area contributed by atoms with E-state index in [0.29, 0.717) is 35.2 Å². The zero-order valence-electron chi connectivity index (χ0n) is 22.9. The number of aliphatic hydroxyl groups is 2. The number of allylic oxidation sites excluding steroid dienone is 2. The van der Waals surface area contributed by atoms with E-state index in [1.807, 2.05) is 0 Å². The van der Waals surface area contributed by atoms with Crippen LogP contribution in [0, 0.1) is 56.2 Å². The van der Waals surface area contributed by atoms with Gasteiger partial charge >= 0.3 is 0 Å². The predicted molar refractivity (Wildman–Crippen MR) is 137 cm³/mol. The van der Waals surface area contributed by atoms with Crippen molar-refractivity contribution in [1.82, 2.24) is 0 Å². The second-order valence-electron chi connectivity index (χ2n) is 15.1. The van der Waals surface area contributed by atoms with Crippen molar-refractivity contribution >= 4 is 0 Å². The summed E-state index contributed by atoms with van der Waals surface area (Å²) in [6.07, 6.45) is 13.3. The molecule has 4 saturated carbocycles. The Bertz CT molecular complexity index is 844. The fourth-order valence-corrected chi connectivity index (χ4v) is 11.5. The third kappa shape index (κ3) is 2.64. The molecule has 5 aliphatic carbocycles. The minimum atomic E-state index is -0.159. The number of fused-ring (bicyclic) bond motifs is 7. The molecular formula is C31H52O2. The third-order valence-corrected chi connectivity index (χ3v) is 14.3. The zero-order valence-corrected chi connectivity index (χ0v) is 22.9. The topological polar surface area (TPSA) is 40.5 Å². The Morgan fingerprint density at radius 2 is 1.55 bits per heavy atom. The van der Waals surface area contributed by atoms with E-state index in [1.165, 1.54) is 51.4 Å². The molecule has 5 rings (SSSR count). The summed E-state index contributed by atoms with van der Waals surface area (Å²) in [6.45, 7) is 20.4. The van der Waals surface area contributed by atoms with Gasteiger partial charge in [-0.25, -0.2) is 0 Å². The minimum absolute atomic E-state index is 0.0110. The first kappa shape index (κ1) is 24.4. The second-order valence-corrected chi connectivity index (χ2v) is 15.1. The molecule has 2 nitrogen and oxygen atoms in total. The van der Waals surface area contributed by atoms with E-state index in [0.717, 1.165) is 12.3 Å². The minimum Gasteiger partial charge on any atom is -0.396 e. The first-order valence-electron chi connectivity index (χ1n) is 14.2. The van der Waals surface area contributed by atoms with Crippen molar-refractivity contribution in [3.05, 3.63) is 11.6 Å². The lowest BCUT2D eigenvalue weighted by Crippen LogP contribution is -2.67. The fourth-order valence-electron chi connectivity index (χ4n) is 11.5. The lowest BCUT2D eigenvalue weighted by Gasteiger charge is -2.74. The first-order chi connectivity index (χ1) is 15.2. The quantitative estimate of drug-likeness (QED) is 0.404. The van der Waals surface area contributed by atoms with Crippen LogP contribution >= 0.6 is 0 Å². The SMILES string of the molecule is C[C@@H]1CC[C@]2(CO)CC[C@]3(C)C(=CC[C@@H]4[C@@]5(C)CC[C@H](O)C(C)(C)[C@@H]5CC[C@]43C)[C@]2(C)[C@H]1C. The Hall–Kier alpha value is -0.340. The van der Waals surface area contributed by atoms with E-state index in [9.17, 15) is 10.2 Å². The molecule has 0 heterocycles. The van der Waals surface area contributed by atoms with Crippen molar-refractivity contribution in [2.45, 2.75) is 119 Å². The molecule has 4 fully saturated rings. The summed E-state index contributed by atoms with van der Waals surface area (Å²) in [5.74, 6) is 2.62. The van der Waals surface area contributed by atoms with Crippen molar-refractivity contribution in [1.29, 1.82) is 0 Å². The van der Waals surface area contributed by atoms with E-state index in [2.05, 4.69) is 61.5 Å². The van der Waals surface area contributed by atoms with Crippen LogP contribution in [-0.4, -0.2) is 22.9 Å². The molecular weight excluding hydrogens is 404 g/mol. The van der Waals surface area contributed by atoms with Crippen molar-refractivity contribution in [3.63, 3.8) is 0 Å². The third-order valence-electron chi connectivity index (χ3n) is 14.3. The van der Waals surface area contributed by atoms with Gasteiger partial charge in [-0.1, -0.05) is 67.0 Å². The Balaban J connectivity index is 1.64. The van der Waals surface area contributed by atoms with Gasteiger partial charge in [-0.15, -0.1) is 0 Å². The largest absolute Gasteiger partial charge is 0.396 e. The van der Waals surface area contributed by atoms with Gasteiger partial charge in [0.25, 0.3) is 0 Å². The Labute approximate surface area is 204 Å². The highest BCUT2D eigenvalue weighted by atomic mass is 16.3. The van der Waals surface area contributed by atoms with Crippen LogP contribution in [0.4, 0.5) is 0 Å². The number of hydrogen-bond acceptors (Lipinski definition) is 2. The van der Waals surface area contributed by atoms with E-state index < -0.39 is 0 Å². The average molecular weight is 457 g/mol. The van der Waals surface area contributed by atoms with E-state index in [1.54, 1.807) is 5.57 Å². The summed E-state index contributed by atoms with van der Waals surface area (Å²) in [4.78, 5) is 0. The average Bonchev–Trinajstić information content (AvgIpc) is 2.76. The molecule has 188 valence electrons. The van der Waals surface area contributed by atoms with E-state index >= 15 is 0 Å². The molecule has 10 atom stereocenters. The molecule has 0 saturated heterocycles. The van der Waals surface area contributed by atoms with Crippen LogP contribution < -0.4 is 0 Å². The van der Waals surface area contributed by atoms with Gasteiger partial charge in [-0.05, 0) is 109 Å². The van der Waals surface area contributed by atoms with E-state index in [-0.39, 0.29) is 27.8 Å². The number of aliphatic hydroxyl groups excluding tert-OH is 2. The normalized spacial score (nSPS) is 57.8. The smallest absolute Gasteiger partial charge is 0.0594 e. The van der Waals surface area contributed by atoms with Gasteiger partial charge in [0.2, 0.25) is 0 Å². The summed E-state index contributed by atoms with van der Waals surface area (Å²) in [5.41, 5.74) is 2.71. The van der Waals surface area contributed by atoms with Crippen LogP contribution in [0.1, 0.15) is 113 Å². The van der Waals surface area contributed by atoms with Gasteiger partial charge in [-0.3, -0.25) is 0 Å². The van der Waals surface area contributed by atoms with Crippen LogP contribution in [-0.2, 0) is 0 Å². The maximum absolute atomic E-state index is 10.9. The van der Waals surface area contributed by atoms with Crippen molar-refractivity contribution in [3.8, 4) is 0 Å². The molecule has 2 N–H and O–H groups in total. The highest BCUT2D eigenvalue weighted by Crippen LogP contribution is 2.78. The summed E-state index contributed by atoms with van der Waals surface area (Å²) < 4.78 is 0. The van der Waals surface area contributed by atoms with Gasteiger partial charge in [-0.2, -0.15) is 0 Å². The van der Waals surface area contributed by atoms with Crippen LogP contribution in [0.25, 0.3) is 0 Å². The Kier molecular flexibility index (Phi) is 5.25. The van der Waals surface area contributed by atoms with Crippen molar-refractivity contribution in [2.24, 2.45) is 56.2 Å². The van der Waals surface area contributed by atoms with Crippen molar-refractivity contribution < 1.29 is 10.2 Å². The maximum atomic E-state index is 10.9. The maximum Gasteiger partial charge on any atom is 0.0594 e. The van der Waals surface area contributed by atoms with Gasteiger partial charge in [0, 0.05) is 12.0 Å². The number of hydrogen-bond donors (Lipinski definition) is 2. The second kappa shape index (κ2) is 7.12. The molecule has 0 aromatic carbocycles.